The van der Waals surface area contributed by atoms with E-state index in [0.717, 1.165) is 22.5 Å². The third kappa shape index (κ3) is 8.49. The molecular formula is C27H37N5O4. The summed E-state index contributed by atoms with van der Waals surface area (Å²) in [5.74, 6) is -1.16. The van der Waals surface area contributed by atoms with Gasteiger partial charge in [-0.15, -0.1) is 0 Å². The van der Waals surface area contributed by atoms with E-state index in [9.17, 15) is 19.5 Å². The molecular weight excluding hydrogens is 458 g/mol. The quantitative estimate of drug-likeness (QED) is 0.514. The lowest BCUT2D eigenvalue weighted by atomic mass is 10.0. The maximum atomic E-state index is 12.6. The number of anilines is 1. The van der Waals surface area contributed by atoms with Crippen molar-refractivity contribution >= 4 is 29.2 Å². The molecule has 0 aromatic heterocycles. The van der Waals surface area contributed by atoms with E-state index in [1.165, 1.54) is 4.90 Å². The van der Waals surface area contributed by atoms with Gasteiger partial charge in [-0.2, -0.15) is 0 Å². The number of carbonyl (C=O) groups is 3. The van der Waals surface area contributed by atoms with Crippen LogP contribution in [-0.2, 0) is 14.4 Å². The average Bonchev–Trinajstić information content (AvgIpc) is 3.03. The molecule has 0 saturated heterocycles. The van der Waals surface area contributed by atoms with E-state index in [0.29, 0.717) is 19.5 Å². The molecule has 1 atom stereocenters. The number of benzene rings is 2. The standard InChI is InChI=1S/C23H27N3O3.C4H10N2O/c1-16(2)14-19(23(28)29)25-21(27)15-26-13-12-24-22(17-8-4-3-5-9-17)18-10-6-7-11-20(18)26;1-6(2)4(7)3-5/h3-11,16,19H,12-15H2,1-2H3,(H,25,27)(H,28,29);3,5H2,1-2H3. The fourth-order valence-electron chi connectivity index (χ4n) is 3.73. The zero-order chi connectivity index (χ0) is 26.7. The Morgan fingerprint density at radius 2 is 1.72 bits per heavy atom. The maximum Gasteiger partial charge on any atom is 0.326 e. The van der Waals surface area contributed by atoms with E-state index in [2.05, 4.69) is 5.32 Å². The Morgan fingerprint density at radius 1 is 1.08 bits per heavy atom. The highest BCUT2D eigenvalue weighted by Crippen LogP contribution is 2.26. The van der Waals surface area contributed by atoms with Crippen LogP contribution in [0.25, 0.3) is 0 Å². The van der Waals surface area contributed by atoms with Crippen LogP contribution in [0.3, 0.4) is 0 Å². The fraction of sp³-hybridized carbons (Fsp3) is 0.407. The van der Waals surface area contributed by atoms with Crippen LogP contribution in [0.5, 0.6) is 0 Å². The van der Waals surface area contributed by atoms with Crippen molar-refractivity contribution < 1.29 is 19.5 Å². The molecule has 2 aromatic rings. The third-order valence-electron chi connectivity index (χ3n) is 5.54. The van der Waals surface area contributed by atoms with Gasteiger partial charge in [-0.1, -0.05) is 62.4 Å². The molecule has 9 nitrogen and oxygen atoms in total. The van der Waals surface area contributed by atoms with Crippen molar-refractivity contribution in [2.45, 2.75) is 26.3 Å². The SMILES string of the molecule is CC(C)CC(NC(=O)CN1CCN=C(c2ccccc2)c2ccccc21)C(=O)O.CN(C)C(=O)CN. The van der Waals surface area contributed by atoms with Gasteiger partial charge < -0.3 is 26.0 Å². The Kier molecular flexibility index (Phi) is 11.1. The van der Waals surface area contributed by atoms with Crippen LogP contribution in [0.15, 0.2) is 59.6 Å². The van der Waals surface area contributed by atoms with Gasteiger partial charge in [-0.25, -0.2) is 4.79 Å². The van der Waals surface area contributed by atoms with Gasteiger partial charge in [0.2, 0.25) is 11.8 Å². The Hall–Kier alpha value is -3.72. The van der Waals surface area contributed by atoms with Crippen LogP contribution in [0.2, 0.25) is 0 Å². The van der Waals surface area contributed by atoms with Crippen molar-refractivity contribution in [2.75, 3.05) is 45.2 Å². The molecule has 0 bridgehead atoms. The predicted molar refractivity (Wildman–Crippen MR) is 142 cm³/mol. The van der Waals surface area contributed by atoms with Crippen molar-refractivity contribution in [3.63, 3.8) is 0 Å². The average molecular weight is 496 g/mol. The Morgan fingerprint density at radius 3 is 2.28 bits per heavy atom. The molecule has 0 saturated carbocycles. The van der Waals surface area contributed by atoms with Crippen LogP contribution in [-0.4, -0.2) is 79.8 Å². The van der Waals surface area contributed by atoms with Gasteiger partial charge in [0.15, 0.2) is 0 Å². The van der Waals surface area contributed by atoms with E-state index in [1.54, 1.807) is 14.1 Å². The molecule has 3 rings (SSSR count). The summed E-state index contributed by atoms with van der Waals surface area (Å²) in [5.41, 5.74) is 8.83. The summed E-state index contributed by atoms with van der Waals surface area (Å²) in [7, 11) is 3.35. The molecule has 2 aromatic carbocycles. The minimum atomic E-state index is -1.00. The van der Waals surface area contributed by atoms with Crippen molar-refractivity contribution in [1.82, 2.24) is 10.2 Å². The summed E-state index contributed by atoms with van der Waals surface area (Å²) in [6.45, 7) is 5.22. The molecule has 1 heterocycles. The van der Waals surface area contributed by atoms with Crippen molar-refractivity contribution in [3.8, 4) is 0 Å². The number of para-hydroxylation sites is 1. The molecule has 36 heavy (non-hydrogen) atoms. The first-order valence-electron chi connectivity index (χ1n) is 12.0. The molecule has 194 valence electrons. The highest BCUT2D eigenvalue weighted by Gasteiger charge is 2.24. The lowest BCUT2D eigenvalue weighted by Gasteiger charge is -2.25. The van der Waals surface area contributed by atoms with Crippen molar-refractivity contribution in [1.29, 1.82) is 0 Å². The number of likely N-dealkylation sites (N-methyl/N-ethyl adjacent to an activating group) is 1. The number of rotatable bonds is 8. The predicted octanol–water partition coefficient (Wildman–Crippen LogP) is 1.99. The summed E-state index contributed by atoms with van der Waals surface area (Å²) < 4.78 is 0. The molecule has 0 fully saturated rings. The molecule has 1 aliphatic rings. The Labute approximate surface area is 213 Å². The second kappa shape index (κ2) is 14.0. The fourth-order valence-corrected chi connectivity index (χ4v) is 3.73. The first-order chi connectivity index (χ1) is 17.1. The van der Waals surface area contributed by atoms with E-state index in [1.807, 2.05) is 73.3 Å². The van der Waals surface area contributed by atoms with Gasteiger partial charge in [0.1, 0.15) is 6.04 Å². The maximum absolute atomic E-state index is 12.6. The summed E-state index contributed by atoms with van der Waals surface area (Å²) in [4.78, 5) is 42.6. The Bertz CT molecular complexity index is 1050. The van der Waals surface area contributed by atoms with Crippen LogP contribution >= 0.6 is 0 Å². The smallest absolute Gasteiger partial charge is 0.326 e. The number of nitrogens with one attached hydrogen (secondary N) is 1. The molecule has 1 aliphatic heterocycles. The number of carboxylic acids is 1. The number of aliphatic carboxylic acids is 1. The monoisotopic (exact) mass is 495 g/mol. The van der Waals surface area contributed by atoms with Gasteiger partial charge >= 0.3 is 5.97 Å². The summed E-state index contributed by atoms with van der Waals surface area (Å²) in [5, 5.41) is 12.1. The van der Waals surface area contributed by atoms with Crippen LogP contribution in [0.1, 0.15) is 31.4 Å². The van der Waals surface area contributed by atoms with E-state index in [4.69, 9.17) is 10.7 Å². The van der Waals surface area contributed by atoms with Crippen LogP contribution in [0, 0.1) is 5.92 Å². The van der Waals surface area contributed by atoms with Gasteiger partial charge in [0.25, 0.3) is 0 Å². The molecule has 9 heteroatoms. The number of hydrogen-bond acceptors (Lipinski definition) is 6. The van der Waals surface area contributed by atoms with Gasteiger partial charge in [-0.05, 0) is 18.4 Å². The first kappa shape index (κ1) is 28.5. The molecule has 1 unspecified atom stereocenters. The largest absolute Gasteiger partial charge is 0.480 e. The zero-order valence-corrected chi connectivity index (χ0v) is 21.5. The van der Waals surface area contributed by atoms with Crippen LogP contribution < -0.4 is 16.0 Å². The third-order valence-corrected chi connectivity index (χ3v) is 5.54. The minimum Gasteiger partial charge on any atom is -0.480 e. The lowest BCUT2D eigenvalue weighted by Crippen LogP contribution is -2.46. The molecule has 0 spiro atoms. The van der Waals surface area contributed by atoms with Gasteiger partial charge in [0.05, 0.1) is 25.3 Å². The van der Waals surface area contributed by atoms with Crippen LogP contribution in [0.4, 0.5) is 5.69 Å². The van der Waals surface area contributed by atoms with E-state index >= 15 is 0 Å². The summed E-state index contributed by atoms with van der Waals surface area (Å²) >= 11 is 0. The summed E-state index contributed by atoms with van der Waals surface area (Å²) in [6, 6.07) is 17.0. The van der Waals surface area contributed by atoms with Crippen molar-refractivity contribution in [3.05, 3.63) is 65.7 Å². The minimum absolute atomic E-state index is 0.0417. The number of carboxylic acid groups (broad SMARTS) is 1. The lowest BCUT2D eigenvalue weighted by molar-refractivity contribution is -0.142. The molecule has 0 radical (unpaired) electrons. The van der Waals surface area contributed by atoms with Gasteiger partial charge in [-0.3, -0.25) is 14.6 Å². The molecule has 4 N–H and O–H groups in total. The van der Waals surface area contributed by atoms with E-state index < -0.39 is 12.0 Å². The number of amides is 2. The second-order valence-corrected chi connectivity index (χ2v) is 9.12. The number of nitrogens with zero attached hydrogens (tertiary/aromatic N) is 3. The van der Waals surface area contributed by atoms with Gasteiger partial charge in [0, 0.05) is 37.5 Å². The normalized spacial score (nSPS) is 13.4. The summed E-state index contributed by atoms with van der Waals surface area (Å²) in [6.07, 6.45) is 0.402. The zero-order valence-electron chi connectivity index (χ0n) is 21.5. The van der Waals surface area contributed by atoms with Crippen molar-refractivity contribution in [2.24, 2.45) is 16.6 Å². The molecule has 2 amide bonds. The number of aliphatic imine (C=N–C) groups is 1. The second-order valence-electron chi connectivity index (χ2n) is 9.12. The number of carbonyl (C=O) groups excluding carboxylic acids is 2. The number of fused-ring (bicyclic) bond motifs is 1. The van der Waals surface area contributed by atoms with E-state index in [-0.39, 0.29) is 30.8 Å². The number of hydrogen-bond donors (Lipinski definition) is 3. The number of benzodiazepines with no additional fused rings is 1. The molecule has 0 aliphatic carbocycles. The number of nitrogens with two attached hydrogens (primary N) is 1. The highest BCUT2D eigenvalue weighted by molar-refractivity contribution is 6.16. The Balaban J connectivity index is 0.000000572. The highest BCUT2D eigenvalue weighted by atomic mass is 16.4. The topological polar surface area (TPSA) is 128 Å². The first-order valence-corrected chi connectivity index (χ1v) is 12.0.